The van der Waals surface area contributed by atoms with Gasteiger partial charge in [-0.2, -0.15) is 8.42 Å². The molecule has 0 atom stereocenters. The molecule has 0 aliphatic rings. The van der Waals surface area contributed by atoms with Crippen LogP contribution in [-0.4, -0.2) is 46.6 Å². The second kappa shape index (κ2) is 8.26. The maximum atomic E-state index is 11.1. The van der Waals surface area contributed by atoms with E-state index in [0.717, 1.165) is 6.08 Å². The van der Waals surface area contributed by atoms with Gasteiger partial charge in [-0.25, -0.2) is 4.79 Å². The van der Waals surface area contributed by atoms with Crippen molar-refractivity contribution in [1.29, 1.82) is 0 Å². The lowest BCUT2D eigenvalue weighted by atomic mass is 10.7. The second-order valence-corrected chi connectivity index (χ2v) is 4.37. The van der Waals surface area contributed by atoms with Gasteiger partial charge in [-0.3, -0.25) is 0 Å². The van der Waals surface area contributed by atoms with Crippen LogP contribution in [0.5, 0.6) is 0 Å². The molecule has 0 amide bonds. The smallest absolute Gasteiger partial charge is 0.345 e. The van der Waals surface area contributed by atoms with E-state index in [1.54, 1.807) is 0 Å². The number of carbonyl (C=O) groups excluding carboxylic acids is 1. The Labute approximate surface area is 95.3 Å². The molecule has 0 aliphatic heterocycles. The Morgan fingerprint density at radius 3 is 2.44 bits per heavy atom. The first-order chi connectivity index (χ1) is 7.52. The maximum Gasteiger partial charge on any atom is 0.345 e. The summed E-state index contributed by atoms with van der Waals surface area (Å²) in [7, 11) is -3.87. The zero-order valence-electron chi connectivity index (χ0n) is 9.18. The molecule has 0 bridgehead atoms. The van der Waals surface area contributed by atoms with Crippen molar-refractivity contribution >= 4 is 16.1 Å². The van der Waals surface area contributed by atoms with Gasteiger partial charge >= 0.3 is 16.1 Å². The van der Waals surface area contributed by atoms with Crippen LogP contribution >= 0.6 is 0 Å². The van der Waals surface area contributed by atoms with E-state index in [4.69, 9.17) is 9.47 Å². The van der Waals surface area contributed by atoms with Gasteiger partial charge in [0.25, 0.3) is 0 Å². The van der Waals surface area contributed by atoms with Gasteiger partial charge in [-0.05, 0) is 6.92 Å². The summed E-state index contributed by atoms with van der Waals surface area (Å²) < 4.78 is 36.2. The van der Waals surface area contributed by atoms with Gasteiger partial charge < -0.3 is 13.7 Å². The van der Waals surface area contributed by atoms with E-state index >= 15 is 0 Å². The van der Waals surface area contributed by atoms with E-state index < -0.39 is 16.1 Å². The summed E-state index contributed by atoms with van der Waals surface area (Å²) >= 11 is 0. The predicted octanol–water partition coefficient (Wildman–Crippen LogP) is 0.0985. The van der Waals surface area contributed by atoms with Crippen LogP contribution in [0.4, 0.5) is 0 Å². The van der Waals surface area contributed by atoms with E-state index in [0.29, 0.717) is 19.8 Å². The zero-order chi connectivity index (χ0) is 12.4. The van der Waals surface area contributed by atoms with Crippen molar-refractivity contribution in [3.8, 4) is 0 Å². The van der Waals surface area contributed by atoms with E-state index in [1.165, 1.54) is 0 Å². The molecule has 0 heterocycles. The normalized spacial score (nSPS) is 11.1. The van der Waals surface area contributed by atoms with Crippen LogP contribution in [0, 0.1) is 0 Å². The first-order valence-electron chi connectivity index (χ1n) is 4.76. The van der Waals surface area contributed by atoms with Gasteiger partial charge in [-0.15, -0.1) is 0 Å². The van der Waals surface area contributed by atoms with Crippen molar-refractivity contribution in [3.05, 3.63) is 12.7 Å². The predicted molar refractivity (Wildman–Crippen MR) is 57.4 cm³/mol. The second-order valence-electron chi connectivity index (χ2n) is 2.68. The van der Waals surface area contributed by atoms with Gasteiger partial charge in [-0.1, -0.05) is 6.58 Å². The highest BCUT2D eigenvalue weighted by atomic mass is 32.2. The molecule has 0 saturated carbocycles. The van der Waals surface area contributed by atoms with E-state index in [9.17, 15) is 13.2 Å². The lowest BCUT2D eigenvalue weighted by Gasteiger charge is -2.05. The molecular weight excluding hydrogens is 236 g/mol. The van der Waals surface area contributed by atoms with Gasteiger partial charge in [0.15, 0.2) is 0 Å². The highest BCUT2D eigenvalue weighted by Gasteiger charge is 2.14. The summed E-state index contributed by atoms with van der Waals surface area (Å²) in [6.45, 7) is 6.18. The summed E-state index contributed by atoms with van der Waals surface area (Å²) in [6.07, 6.45) is 0.785. The van der Waals surface area contributed by atoms with Crippen LogP contribution in [0.3, 0.4) is 0 Å². The van der Waals surface area contributed by atoms with Gasteiger partial charge in [0.2, 0.25) is 0 Å². The molecule has 0 N–H and O–H groups in total. The lowest BCUT2D eigenvalue weighted by Crippen LogP contribution is -2.19. The quantitative estimate of drug-likeness (QED) is 0.329. The maximum absolute atomic E-state index is 11.1. The minimum atomic E-state index is -3.87. The number of rotatable bonds is 9. The van der Waals surface area contributed by atoms with Crippen LogP contribution in [0.15, 0.2) is 12.7 Å². The third-order valence-electron chi connectivity index (χ3n) is 1.43. The number of ether oxygens (including phenoxy) is 2. The lowest BCUT2D eigenvalue weighted by molar-refractivity contribution is -0.128. The minimum absolute atomic E-state index is 0.0418. The summed E-state index contributed by atoms with van der Waals surface area (Å²) in [4.78, 5) is 10.6. The Hall–Kier alpha value is -0.920. The fourth-order valence-corrected chi connectivity index (χ4v) is 1.45. The van der Waals surface area contributed by atoms with Gasteiger partial charge in [0, 0.05) is 12.7 Å². The fourth-order valence-electron chi connectivity index (χ4n) is 0.726. The highest BCUT2D eigenvalue weighted by Crippen LogP contribution is 1.95. The molecule has 0 fully saturated rings. The van der Waals surface area contributed by atoms with Crippen molar-refractivity contribution in [1.82, 2.24) is 0 Å². The van der Waals surface area contributed by atoms with E-state index in [2.05, 4.69) is 10.8 Å². The molecule has 0 rings (SSSR count). The minimum Gasteiger partial charge on any atom is -0.379 e. The molecule has 0 radical (unpaired) electrons. The molecule has 0 aliphatic carbocycles. The van der Waals surface area contributed by atoms with Crippen LogP contribution in [0.25, 0.3) is 0 Å². The van der Waals surface area contributed by atoms with Crippen LogP contribution < -0.4 is 0 Å². The molecule has 16 heavy (non-hydrogen) atoms. The SMILES string of the molecule is C=CC(=O)OS(=O)(=O)CCOCCOCC. The van der Waals surface area contributed by atoms with Crippen molar-refractivity contribution in [2.45, 2.75) is 6.92 Å². The summed E-state index contributed by atoms with van der Waals surface area (Å²) in [6, 6.07) is 0. The Kier molecular flexibility index (Phi) is 7.78. The van der Waals surface area contributed by atoms with Crippen LogP contribution in [0.1, 0.15) is 6.92 Å². The molecule has 0 aromatic carbocycles. The first-order valence-corrected chi connectivity index (χ1v) is 6.33. The first kappa shape index (κ1) is 15.1. The fraction of sp³-hybridized carbons (Fsp3) is 0.667. The van der Waals surface area contributed by atoms with Crippen LogP contribution in [0.2, 0.25) is 0 Å². The molecule has 94 valence electrons. The molecule has 0 saturated heterocycles. The average molecular weight is 252 g/mol. The molecule has 7 heteroatoms. The summed E-state index contributed by atoms with van der Waals surface area (Å²) in [5.41, 5.74) is 0. The molecule has 0 unspecified atom stereocenters. The summed E-state index contributed by atoms with van der Waals surface area (Å²) in [5.74, 6) is -1.37. The Morgan fingerprint density at radius 2 is 1.88 bits per heavy atom. The Morgan fingerprint density at radius 1 is 1.25 bits per heavy atom. The average Bonchev–Trinajstić information content (AvgIpc) is 2.22. The van der Waals surface area contributed by atoms with Gasteiger partial charge in [0.05, 0.1) is 19.8 Å². The Bertz CT molecular complexity index is 308. The van der Waals surface area contributed by atoms with Crippen molar-refractivity contribution in [3.63, 3.8) is 0 Å². The van der Waals surface area contributed by atoms with Crippen molar-refractivity contribution in [2.75, 3.05) is 32.2 Å². The molecule has 0 spiro atoms. The van der Waals surface area contributed by atoms with Crippen molar-refractivity contribution < 1.29 is 26.9 Å². The third-order valence-corrected chi connectivity index (χ3v) is 2.51. The number of hydrogen-bond acceptors (Lipinski definition) is 6. The molecular formula is C9H16O6S. The third kappa shape index (κ3) is 8.39. The van der Waals surface area contributed by atoms with E-state index in [-0.39, 0.29) is 12.4 Å². The largest absolute Gasteiger partial charge is 0.379 e. The van der Waals surface area contributed by atoms with E-state index in [1.807, 2.05) is 6.92 Å². The molecule has 0 aromatic rings. The topological polar surface area (TPSA) is 78.9 Å². The molecule has 6 nitrogen and oxygen atoms in total. The standard InChI is InChI=1S/C9H16O6S/c1-3-9(10)15-16(11,12)8-7-14-6-5-13-4-2/h3H,1,4-8H2,2H3. The van der Waals surface area contributed by atoms with Crippen LogP contribution in [-0.2, 0) is 28.6 Å². The number of carbonyl (C=O) groups is 1. The molecule has 0 aromatic heterocycles. The van der Waals surface area contributed by atoms with Crippen molar-refractivity contribution in [2.24, 2.45) is 0 Å². The number of hydrogen-bond donors (Lipinski definition) is 0. The summed E-state index contributed by atoms with van der Waals surface area (Å²) in [5, 5.41) is 0. The zero-order valence-corrected chi connectivity index (χ0v) is 9.99. The Balaban J connectivity index is 3.66. The van der Waals surface area contributed by atoms with Gasteiger partial charge in [0.1, 0.15) is 5.75 Å². The highest BCUT2D eigenvalue weighted by molar-refractivity contribution is 7.87. The monoisotopic (exact) mass is 252 g/mol.